The largest absolute Gasteiger partial charge is 0.329 e. The number of hydrogen-bond acceptors (Lipinski definition) is 3. The number of rotatable bonds is 6. The molecule has 20 heavy (non-hydrogen) atoms. The summed E-state index contributed by atoms with van der Waals surface area (Å²) in [4.78, 5) is 6.83. The minimum absolute atomic E-state index is 0.0877. The van der Waals surface area contributed by atoms with E-state index in [1.807, 2.05) is 12.3 Å². The van der Waals surface area contributed by atoms with Gasteiger partial charge in [-0.1, -0.05) is 32.0 Å². The minimum atomic E-state index is 0.0877. The van der Waals surface area contributed by atoms with E-state index in [4.69, 9.17) is 5.73 Å². The lowest BCUT2D eigenvalue weighted by atomic mass is 9.90. The number of nitrogens with two attached hydrogens (primary N) is 1. The summed E-state index contributed by atoms with van der Waals surface area (Å²) in [5.74, 6) is 0. The number of likely N-dealkylation sites (N-methyl/N-ethyl adjacent to an activating group) is 1. The maximum absolute atomic E-state index is 6.04. The lowest BCUT2D eigenvalue weighted by Gasteiger charge is -2.40. The number of nitrogens with zero attached hydrogens (tertiary/aromatic N) is 2. The van der Waals surface area contributed by atoms with Crippen molar-refractivity contribution in [3.05, 3.63) is 42.1 Å². The molecule has 2 aromatic rings. The standard InChI is InChI=1S/C17H25N3/c1-4-17(5-2,13-18)20(3)12-14-10-11-19-16-9-7-6-8-15(14)16/h6-11H,4-5,12-13,18H2,1-3H3. The van der Waals surface area contributed by atoms with Crippen LogP contribution in [0.15, 0.2) is 36.5 Å². The van der Waals surface area contributed by atoms with Crippen LogP contribution in [0.2, 0.25) is 0 Å². The van der Waals surface area contributed by atoms with E-state index in [2.05, 4.69) is 55.0 Å². The van der Waals surface area contributed by atoms with E-state index in [1.54, 1.807) is 0 Å². The van der Waals surface area contributed by atoms with E-state index in [0.717, 1.165) is 24.9 Å². The molecule has 3 nitrogen and oxygen atoms in total. The molecule has 0 saturated heterocycles. The Labute approximate surface area is 121 Å². The first-order chi connectivity index (χ1) is 9.66. The lowest BCUT2D eigenvalue weighted by Crippen LogP contribution is -2.50. The summed E-state index contributed by atoms with van der Waals surface area (Å²) in [5, 5.41) is 1.24. The quantitative estimate of drug-likeness (QED) is 0.877. The van der Waals surface area contributed by atoms with Crippen molar-refractivity contribution in [2.45, 2.75) is 38.8 Å². The molecule has 0 amide bonds. The maximum atomic E-state index is 6.04. The highest BCUT2D eigenvalue weighted by Gasteiger charge is 2.29. The normalized spacial score (nSPS) is 12.2. The number of para-hydroxylation sites is 1. The van der Waals surface area contributed by atoms with Gasteiger partial charge in [0, 0.05) is 30.2 Å². The summed E-state index contributed by atoms with van der Waals surface area (Å²) in [6.07, 6.45) is 4.03. The smallest absolute Gasteiger partial charge is 0.0705 e. The third-order valence-electron chi connectivity index (χ3n) is 4.65. The van der Waals surface area contributed by atoms with Gasteiger partial charge in [-0.2, -0.15) is 0 Å². The Morgan fingerprint density at radius 1 is 1.15 bits per heavy atom. The van der Waals surface area contributed by atoms with Gasteiger partial charge in [-0.3, -0.25) is 9.88 Å². The first kappa shape index (κ1) is 14.9. The minimum Gasteiger partial charge on any atom is -0.329 e. The number of pyridine rings is 1. The van der Waals surface area contributed by atoms with Crippen molar-refractivity contribution >= 4 is 10.9 Å². The SMILES string of the molecule is CCC(CC)(CN)N(C)Cc1ccnc2ccccc12. The highest BCUT2D eigenvalue weighted by molar-refractivity contribution is 5.81. The fraction of sp³-hybridized carbons (Fsp3) is 0.471. The third-order valence-corrected chi connectivity index (χ3v) is 4.65. The Bertz CT molecular complexity index is 547. The molecule has 0 spiro atoms. The molecule has 0 aliphatic carbocycles. The molecule has 0 aliphatic rings. The topological polar surface area (TPSA) is 42.1 Å². The van der Waals surface area contributed by atoms with Crippen LogP contribution in [-0.2, 0) is 6.54 Å². The first-order valence-electron chi connectivity index (χ1n) is 7.40. The van der Waals surface area contributed by atoms with Gasteiger partial charge in [-0.05, 0) is 37.6 Å². The van der Waals surface area contributed by atoms with E-state index < -0.39 is 0 Å². The van der Waals surface area contributed by atoms with Crippen LogP contribution in [0.4, 0.5) is 0 Å². The highest BCUT2D eigenvalue weighted by Crippen LogP contribution is 2.25. The Morgan fingerprint density at radius 3 is 2.50 bits per heavy atom. The summed E-state index contributed by atoms with van der Waals surface area (Å²) in [6.45, 7) is 6.04. The van der Waals surface area contributed by atoms with Gasteiger partial charge in [0.2, 0.25) is 0 Å². The predicted octanol–water partition coefficient (Wildman–Crippen LogP) is 3.18. The van der Waals surface area contributed by atoms with Crippen molar-refractivity contribution in [1.82, 2.24) is 9.88 Å². The van der Waals surface area contributed by atoms with Crippen LogP contribution in [0.25, 0.3) is 10.9 Å². The van der Waals surface area contributed by atoms with Crippen molar-refractivity contribution in [1.29, 1.82) is 0 Å². The zero-order valence-electron chi connectivity index (χ0n) is 12.8. The van der Waals surface area contributed by atoms with Crippen LogP contribution < -0.4 is 5.73 Å². The number of fused-ring (bicyclic) bond motifs is 1. The van der Waals surface area contributed by atoms with Crippen molar-refractivity contribution in [2.24, 2.45) is 5.73 Å². The second-order valence-corrected chi connectivity index (χ2v) is 5.48. The van der Waals surface area contributed by atoms with Crippen molar-refractivity contribution in [3.63, 3.8) is 0 Å². The molecule has 0 aliphatic heterocycles. The van der Waals surface area contributed by atoms with Gasteiger partial charge in [0.15, 0.2) is 0 Å². The second kappa shape index (κ2) is 6.33. The van der Waals surface area contributed by atoms with E-state index in [1.165, 1.54) is 10.9 Å². The van der Waals surface area contributed by atoms with Crippen LogP contribution in [0.5, 0.6) is 0 Å². The number of hydrogen-bond donors (Lipinski definition) is 1. The Hall–Kier alpha value is -1.45. The molecule has 2 rings (SSSR count). The van der Waals surface area contributed by atoms with Gasteiger partial charge >= 0.3 is 0 Å². The number of benzene rings is 1. The van der Waals surface area contributed by atoms with Crippen LogP contribution in [0, 0.1) is 0 Å². The van der Waals surface area contributed by atoms with E-state index in [-0.39, 0.29) is 5.54 Å². The molecule has 1 aromatic carbocycles. The van der Waals surface area contributed by atoms with Gasteiger partial charge in [0.1, 0.15) is 0 Å². The fourth-order valence-corrected chi connectivity index (χ4v) is 2.95. The summed E-state index contributed by atoms with van der Waals surface area (Å²) in [5.41, 5.74) is 8.51. The van der Waals surface area contributed by atoms with Gasteiger partial charge in [0.05, 0.1) is 5.52 Å². The first-order valence-corrected chi connectivity index (χ1v) is 7.40. The third kappa shape index (κ3) is 2.69. The van der Waals surface area contributed by atoms with Crippen LogP contribution >= 0.6 is 0 Å². The molecule has 0 atom stereocenters. The molecule has 108 valence electrons. The van der Waals surface area contributed by atoms with Gasteiger partial charge in [-0.15, -0.1) is 0 Å². The summed E-state index contributed by atoms with van der Waals surface area (Å²) < 4.78 is 0. The van der Waals surface area contributed by atoms with Crippen LogP contribution in [0.3, 0.4) is 0 Å². The molecule has 0 bridgehead atoms. The zero-order chi connectivity index (χ0) is 14.6. The van der Waals surface area contributed by atoms with Gasteiger partial charge < -0.3 is 5.73 Å². The predicted molar refractivity (Wildman–Crippen MR) is 85.6 cm³/mol. The fourth-order valence-electron chi connectivity index (χ4n) is 2.95. The Morgan fingerprint density at radius 2 is 1.85 bits per heavy atom. The average molecular weight is 271 g/mol. The number of aromatic nitrogens is 1. The van der Waals surface area contributed by atoms with Crippen molar-refractivity contribution < 1.29 is 0 Å². The van der Waals surface area contributed by atoms with Crippen molar-refractivity contribution in [2.75, 3.05) is 13.6 Å². The molecule has 0 saturated carbocycles. The van der Waals surface area contributed by atoms with E-state index >= 15 is 0 Å². The molecule has 2 N–H and O–H groups in total. The van der Waals surface area contributed by atoms with E-state index in [0.29, 0.717) is 6.54 Å². The maximum Gasteiger partial charge on any atom is 0.0705 e. The van der Waals surface area contributed by atoms with Crippen molar-refractivity contribution in [3.8, 4) is 0 Å². The molecule has 0 fully saturated rings. The average Bonchev–Trinajstić information content (AvgIpc) is 2.50. The molecule has 0 unspecified atom stereocenters. The molecular weight excluding hydrogens is 246 g/mol. The van der Waals surface area contributed by atoms with Crippen LogP contribution in [0.1, 0.15) is 32.3 Å². The lowest BCUT2D eigenvalue weighted by molar-refractivity contribution is 0.108. The highest BCUT2D eigenvalue weighted by atomic mass is 15.2. The monoisotopic (exact) mass is 271 g/mol. The summed E-state index contributed by atoms with van der Waals surface area (Å²) in [6, 6.07) is 10.4. The van der Waals surface area contributed by atoms with Crippen LogP contribution in [-0.4, -0.2) is 29.0 Å². The Kier molecular flexibility index (Phi) is 4.73. The molecule has 1 aromatic heterocycles. The molecule has 0 radical (unpaired) electrons. The molecule has 1 heterocycles. The molecule has 3 heteroatoms. The molecular formula is C17H25N3. The summed E-state index contributed by atoms with van der Waals surface area (Å²) >= 11 is 0. The second-order valence-electron chi connectivity index (χ2n) is 5.48. The van der Waals surface area contributed by atoms with Gasteiger partial charge in [-0.25, -0.2) is 0 Å². The Balaban J connectivity index is 2.32. The summed E-state index contributed by atoms with van der Waals surface area (Å²) in [7, 11) is 2.18. The zero-order valence-corrected chi connectivity index (χ0v) is 12.8. The van der Waals surface area contributed by atoms with Gasteiger partial charge in [0.25, 0.3) is 0 Å². The van der Waals surface area contributed by atoms with E-state index in [9.17, 15) is 0 Å².